The highest BCUT2D eigenvalue weighted by atomic mass is 19.1. The molecule has 2 rings (SSSR count). The van der Waals surface area contributed by atoms with E-state index >= 15 is 0 Å². The van der Waals surface area contributed by atoms with Gasteiger partial charge >= 0.3 is 0 Å². The molecule has 1 fully saturated rings. The Kier molecular flexibility index (Phi) is 4.77. The molecule has 1 aromatic rings. The van der Waals surface area contributed by atoms with E-state index in [1.807, 2.05) is 20.0 Å². The highest BCUT2D eigenvalue weighted by Gasteiger charge is 2.19. The number of hydrogen-bond donors (Lipinski definition) is 1. The topological polar surface area (TPSA) is 38.5 Å². The maximum atomic E-state index is 13.9. The molecule has 0 unspecified atom stereocenters. The Morgan fingerprint density at radius 2 is 2.11 bits per heavy atom. The van der Waals surface area contributed by atoms with Gasteiger partial charge in [-0.05, 0) is 37.8 Å². The van der Waals surface area contributed by atoms with E-state index in [0.717, 1.165) is 38.3 Å². The van der Waals surface area contributed by atoms with Gasteiger partial charge in [-0.1, -0.05) is 6.07 Å². The average Bonchev–Trinajstić information content (AvgIpc) is 2.39. The van der Waals surface area contributed by atoms with Gasteiger partial charge in [-0.3, -0.25) is 0 Å². The van der Waals surface area contributed by atoms with Gasteiger partial charge in [0.05, 0.1) is 0 Å². The molecule has 1 atom stereocenters. The summed E-state index contributed by atoms with van der Waals surface area (Å²) in [4.78, 5) is 2.12. The Morgan fingerprint density at radius 3 is 2.74 bits per heavy atom. The van der Waals surface area contributed by atoms with E-state index in [1.165, 1.54) is 6.07 Å². The van der Waals surface area contributed by atoms with Crippen molar-refractivity contribution in [2.45, 2.75) is 25.8 Å². The van der Waals surface area contributed by atoms with Crippen LogP contribution in [0.3, 0.4) is 0 Å². The van der Waals surface area contributed by atoms with Gasteiger partial charge in [0.1, 0.15) is 5.82 Å². The van der Waals surface area contributed by atoms with Crippen LogP contribution in [-0.2, 0) is 4.74 Å². The first-order valence-electron chi connectivity index (χ1n) is 6.92. The second kappa shape index (κ2) is 6.35. The average molecular weight is 266 g/mol. The standard InChI is InChI=1S/C15H23FN2O/c1-11(17)15-13(16)4-3-5-14(15)18(2)10-12-6-8-19-9-7-12/h3-5,11-12H,6-10,17H2,1-2H3/t11-/m0/s1. The van der Waals surface area contributed by atoms with Crippen molar-refractivity contribution in [2.24, 2.45) is 11.7 Å². The SMILES string of the molecule is C[C@H](N)c1c(F)cccc1N(C)CC1CCOCC1. The molecule has 106 valence electrons. The van der Waals surface area contributed by atoms with Crippen molar-refractivity contribution in [3.8, 4) is 0 Å². The zero-order valence-corrected chi connectivity index (χ0v) is 11.7. The first kappa shape index (κ1) is 14.3. The van der Waals surface area contributed by atoms with E-state index in [-0.39, 0.29) is 11.9 Å². The monoisotopic (exact) mass is 266 g/mol. The van der Waals surface area contributed by atoms with Crippen LogP contribution in [0.2, 0.25) is 0 Å². The van der Waals surface area contributed by atoms with Crippen molar-refractivity contribution < 1.29 is 9.13 Å². The van der Waals surface area contributed by atoms with Gasteiger partial charge in [0.25, 0.3) is 0 Å². The number of halogens is 1. The Labute approximate surface area is 114 Å². The molecule has 1 aliphatic heterocycles. The fourth-order valence-corrected chi connectivity index (χ4v) is 2.72. The van der Waals surface area contributed by atoms with Crippen LogP contribution in [0.5, 0.6) is 0 Å². The van der Waals surface area contributed by atoms with Crippen molar-refractivity contribution in [1.82, 2.24) is 0 Å². The van der Waals surface area contributed by atoms with Crippen LogP contribution in [0.4, 0.5) is 10.1 Å². The van der Waals surface area contributed by atoms with Crippen molar-refractivity contribution in [2.75, 3.05) is 31.7 Å². The number of benzene rings is 1. The predicted octanol–water partition coefficient (Wildman–Crippen LogP) is 2.71. The number of anilines is 1. The van der Waals surface area contributed by atoms with Crippen LogP contribution < -0.4 is 10.6 Å². The second-order valence-corrected chi connectivity index (χ2v) is 5.40. The first-order chi connectivity index (χ1) is 9.09. The number of hydrogen-bond acceptors (Lipinski definition) is 3. The fraction of sp³-hybridized carbons (Fsp3) is 0.600. The second-order valence-electron chi connectivity index (χ2n) is 5.40. The minimum Gasteiger partial charge on any atom is -0.381 e. The molecule has 1 heterocycles. The van der Waals surface area contributed by atoms with Crippen molar-refractivity contribution in [3.63, 3.8) is 0 Å². The lowest BCUT2D eigenvalue weighted by molar-refractivity contribution is 0.0685. The minimum atomic E-state index is -0.298. The van der Waals surface area contributed by atoms with Crippen LogP contribution in [0, 0.1) is 11.7 Å². The molecule has 1 aliphatic rings. The quantitative estimate of drug-likeness (QED) is 0.910. The van der Waals surface area contributed by atoms with Gasteiger partial charge in [-0.25, -0.2) is 4.39 Å². The summed E-state index contributed by atoms with van der Waals surface area (Å²) in [5, 5.41) is 0. The summed E-state index contributed by atoms with van der Waals surface area (Å²) >= 11 is 0. The Morgan fingerprint density at radius 1 is 1.42 bits per heavy atom. The van der Waals surface area contributed by atoms with Crippen LogP contribution in [0.25, 0.3) is 0 Å². The summed E-state index contributed by atoms with van der Waals surface area (Å²) in [6.07, 6.45) is 2.15. The van der Waals surface area contributed by atoms with E-state index in [9.17, 15) is 4.39 Å². The van der Waals surface area contributed by atoms with Crippen LogP contribution in [0.1, 0.15) is 31.4 Å². The summed E-state index contributed by atoms with van der Waals surface area (Å²) in [6.45, 7) is 4.42. The maximum Gasteiger partial charge on any atom is 0.130 e. The highest BCUT2D eigenvalue weighted by Crippen LogP contribution is 2.28. The lowest BCUT2D eigenvalue weighted by Gasteiger charge is -2.30. The van der Waals surface area contributed by atoms with Gasteiger partial charge < -0.3 is 15.4 Å². The molecule has 0 saturated carbocycles. The van der Waals surface area contributed by atoms with Crippen molar-refractivity contribution in [3.05, 3.63) is 29.6 Å². The van der Waals surface area contributed by atoms with Gasteiger partial charge in [0, 0.05) is 44.1 Å². The van der Waals surface area contributed by atoms with Gasteiger partial charge in [-0.2, -0.15) is 0 Å². The van der Waals surface area contributed by atoms with E-state index < -0.39 is 0 Å². The molecule has 19 heavy (non-hydrogen) atoms. The molecule has 0 bridgehead atoms. The maximum absolute atomic E-state index is 13.9. The molecular formula is C15H23FN2O. The third-order valence-electron chi connectivity index (χ3n) is 3.77. The summed E-state index contributed by atoms with van der Waals surface area (Å²) in [7, 11) is 2.01. The molecule has 0 aliphatic carbocycles. The molecule has 1 saturated heterocycles. The van der Waals surface area contributed by atoms with Gasteiger partial charge in [0.2, 0.25) is 0 Å². The number of nitrogens with two attached hydrogens (primary N) is 1. The fourth-order valence-electron chi connectivity index (χ4n) is 2.72. The summed E-state index contributed by atoms with van der Waals surface area (Å²) in [6, 6.07) is 4.87. The van der Waals surface area contributed by atoms with E-state index in [2.05, 4.69) is 4.90 Å². The lowest BCUT2D eigenvalue weighted by atomic mass is 9.98. The van der Waals surface area contributed by atoms with Crippen LogP contribution >= 0.6 is 0 Å². The Bertz CT molecular complexity index is 417. The normalized spacial score (nSPS) is 18.3. The molecule has 1 aromatic carbocycles. The van der Waals surface area contributed by atoms with E-state index in [0.29, 0.717) is 11.5 Å². The molecule has 3 nitrogen and oxygen atoms in total. The Hall–Kier alpha value is -1.13. The minimum absolute atomic E-state index is 0.216. The smallest absolute Gasteiger partial charge is 0.130 e. The van der Waals surface area contributed by atoms with Gasteiger partial charge in [0.15, 0.2) is 0 Å². The molecule has 0 aromatic heterocycles. The lowest BCUT2D eigenvalue weighted by Crippen LogP contribution is -2.30. The summed E-state index contributed by atoms with van der Waals surface area (Å²) < 4.78 is 19.3. The number of nitrogens with zero attached hydrogens (tertiary/aromatic N) is 1. The van der Waals surface area contributed by atoms with Crippen molar-refractivity contribution in [1.29, 1.82) is 0 Å². The first-order valence-corrected chi connectivity index (χ1v) is 6.92. The molecular weight excluding hydrogens is 243 g/mol. The van der Waals surface area contributed by atoms with Crippen LogP contribution in [0.15, 0.2) is 18.2 Å². The van der Waals surface area contributed by atoms with Crippen LogP contribution in [-0.4, -0.2) is 26.8 Å². The summed E-state index contributed by atoms with van der Waals surface area (Å²) in [5.41, 5.74) is 7.41. The van der Waals surface area contributed by atoms with Gasteiger partial charge in [-0.15, -0.1) is 0 Å². The van der Waals surface area contributed by atoms with Crippen molar-refractivity contribution >= 4 is 5.69 Å². The number of rotatable bonds is 4. The molecule has 0 spiro atoms. The largest absolute Gasteiger partial charge is 0.381 e. The molecule has 0 amide bonds. The zero-order valence-electron chi connectivity index (χ0n) is 11.7. The Balaban J connectivity index is 2.13. The number of ether oxygens (including phenoxy) is 1. The molecule has 4 heteroatoms. The zero-order chi connectivity index (χ0) is 13.8. The third-order valence-corrected chi connectivity index (χ3v) is 3.77. The highest BCUT2D eigenvalue weighted by molar-refractivity contribution is 5.55. The molecule has 0 radical (unpaired) electrons. The third kappa shape index (κ3) is 3.45. The summed E-state index contributed by atoms with van der Waals surface area (Å²) in [5.74, 6) is 0.397. The molecule has 2 N–H and O–H groups in total. The van der Waals surface area contributed by atoms with E-state index in [4.69, 9.17) is 10.5 Å². The van der Waals surface area contributed by atoms with E-state index in [1.54, 1.807) is 6.07 Å². The predicted molar refractivity (Wildman–Crippen MR) is 75.8 cm³/mol.